The molecule has 3 aromatic rings. The number of nitrogens with zero attached hydrogens (tertiary/aromatic N) is 2. The number of anilines is 1. The summed E-state index contributed by atoms with van der Waals surface area (Å²) in [6, 6.07) is 23.4. The Kier molecular flexibility index (Phi) is 11.0. The van der Waals surface area contributed by atoms with Crippen LogP contribution in [0.15, 0.2) is 78.9 Å². The zero-order chi connectivity index (χ0) is 30.2. The summed E-state index contributed by atoms with van der Waals surface area (Å²) >= 11 is 6.11. The van der Waals surface area contributed by atoms with Gasteiger partial charge in [-0.25, -0.2) is 8.42 Å². The predicted molar refractivity (Wildman–Crippen MR) is 166 cm³/mol. The van der Waals surface area contributed by atoms with Crippen LogP contribution in [0.2, 0.25) is 5.02 Å². The number of aryl methyl sites for hydroxylation is 1. The van der Waals surface area contributed by atoms with Crippen molar-refractivity contribution >= 4 is 39.1 Å². The monoisotopic (exact) mass is 597 g/mol. The van der Waals surface area contributed by atoms with Crippen LogP contribution < -0.4 is 9.62 Å². The average molecular weight is 598 g/mol. The number of sulfonamides is 1. The van der Waals surface area contributed by atoms with Crippen molar-refractivity contribution in [2.75, 3.05) is 17.1 Å². The number of benzene rings is 3. The van der Waals surface area contributed by atoms with Crippen molar-refractivity contribution in [3.05, 3.63) is 101 Å². The van der Waals surface area contributed by atoms with E-state index in [2.05, 4.69) is 5.32 Å². The standard InChI is InChI=1S/C32H40ClN3O4S/c1-24-12-9-15-26(20-24)23-35(29(31(38)34-32(2,3)4)21-25-13-7-6-8-14-25)30(37)18-11-19-36(41(5,39)40)28-17-10-16-27(33)22-28/h6-10,12-17,20,22,29H,11,18-19,21,23H2,1-5H3,(H,34,38)/t29-/m1/s1. The highest BCUT2D eigenvalue weighted by molar-refractivity contribution is 7.92. The van der Waals surface area contributed by atoms with Crippen molar-refractivity contribution in [1.29, 1.82) is 0 Å². The Hall–Kier alpha value is -3.36. The molecule has 0 aliphatic rings. The molecule has 1 N–H and O–H groups in total. The van der Waals surface area contributed by atoms with Crippen LogP contribution in [0.4, 0.5) is 5.69 Å². The number of carbonyl (C=O) groups is 2. The molecule has 7 nitrogen and oxygen atoms in total. The molecule has 9 heteroatoms. The Morgan fingerprint density at radius 3 is 2.20 bits per heavy atom. The van der Waals surface area contributed by atoms with Crippen LogP contribution in [0.5, 0.6) is 0 Å². The Morgan fingerprint density at radius 1 is 0.927 bits per heavy atom. The predicted octanol–water partition coefficient (Wildman–Crippen LogP) is 5.75. The zero-order valence-corrected chi connectivity index (χ0v) is 26.0. The Balaban J connectivity index is 1.90. The van der Waals surface area contributed by atoms with E-state index in [4.69, 9.17) is 11.6 Å². The SMILES string of the molecule is Cc1cccc(CN(C(=O)CCCN(c2cccc(Cl)c2)S(C)(=O)=O)[C@H](Cc2ccccc2)C(=O)NC(C)(C)C)c1. The number of halogens is 1. The van der Waals surface area contributed by atoms with Gasteiger partial charge in [-0.05, 0) is 63.4 Å². The second-order valence-electron chi connectivity index (χ2n) is 11.4. The summed E-state index contributed by atoms with van der Waals surface area (Å²) in [6.45, 7) is 8.06. The highest BCUT2D eigenvalue weighted by atomic mass is 35.5. The van der Waals surface area contributed by atoms with Crippen LogP contribution in [-0.2, 0) is 32.6 Å². The first-order valence-corrected chi connectivity index (χ1v) is 15.9. The third-order valence-electron chi connectivity index (χ3n) is 6.45. The number of hydrogen-bond acceptors (Lipinski definition) is 4. The van der Waals surface area contributed by atoms with Gasteiger partial charge in [-0.15, -0.1) is 0 Å². The van der Waals surface area contributed by atoms with Gasteiger partial charge >= 0.3 is 0 Å². The highest BCUT2D eigenvalue weighted by Crippen LogP contribution is 2.23. The molecule has 0 radical (unpaired) electrons. The first kappa shape index (κ1) is 32.2. The fourth-order valence-corrected chi connectivity index (χ4v) is 5.79. The lowest BCUT2D eigenvalue weighted by atomic mass is 10.00. The van der Waals surface area contributed by atoms with E-state index >= 15 is 0 Å². The van der Waals surface area contributed by atoms with E-state index in [0.29, 0.717) is 17.1 Å². The number of carbonyl (C=O) groups excluding carboxylic acids is 2. The number of rotatable bonds is 12. The van der Waals surface area contributed by atoms with E-state index in [1.165, 1.54) is 4.31 Å². The van der Waals surface area contributed by atoms with Gasteiger partial charge in [-0.2, -0.15) is 0 Å². The van der Waals surface area contributed by atoms with Crippen LogP contribution in [-0.4, -0.2) is 49.5 Å². The molecule has 0 bridgehead atoms. The summed E-state index contributed by atoms with van der Waals surface area (Å²) in [7, 11) is -3.61. The van der Waals surface area contributed by atoms with Crippen molar-refractivity contribution < 1.29 is 18.0 Å². The molecule has 0 aliphatic carbocycles. The first-order chi connectivity index (χ1) is 19.2. The summed E-state index contributed by atoms with van der Waals surface area (Å²) in [5.74, 6) is -0.463. The zero-order valence-electron chi connectivity index (χ0n) is 24.4. The number of nitrogens with one attached hydrogen (secondary N) is 1. The minimum Gasteiger partial charge on any atom is -0.350 e. The quantitative estimate of drug-likeness (QED) is 0.288. The van der Waals surface area contributed by atoms with Gasteiger partial charge in [0.25, 0.3) is 0 Å². The summed E-state index contributed by atoms with van der Waals surface area (Å²) < 4.78 is 26.4. The van der Waals surface area contributed by atoms with Crippen molar-refractivity contribution in [3.63, 3.8) is 0 Å². The molecule has 0 heterocycles. The minimum absolute atomic E-state index is 0.0620. The number of amides is 2. The highest BCUT2D eigenvalue weighted by Gasteiger charge is 2.32. The lowest BCUT2D eigenvalue weighted by molar-refractivity contribution is -0.142. The second kappa shape index (κ2) is 14.0. The molecular formula is C32H40ClN3O4S. The smallest absolute Gasteiger partial charge is 0.243 e. The van der Waals surface area contributed by atoms with E-state index in [9.17, 15) is 18.0 Å². The van der Waals surface area contributed by atoms with Gasteiger partial charge < -0.3 is 10.2 Å². The molecule has 220 valence electrons. The fraction of sp³-hybridized carbons (Fsp3) is 0.375. The Bertz CT molecular complexity index is 1440. The lowest BCUT2D eigenvalue weighted by Crippen LogP contribution is -2.54. The van der Waals surface area contributed by atoms with Gasteiger partial charge in [0.05, 0.1) is 11.9 Å². The van der Waals surface area contributed by atoms with Gasteiger partial charge in [0.15, 0.2) is 0 Å². The second-order valence-corrected chi connectivity index (χ2v) is 13.7. The molecule has 3 rings (SSSR count). The van der Waals surface area contributed by atoms with E-state index in [1.54, 1.807) is 29.2 Å². The molecule has 0 saturated heterocycles. The Morgan fingerprint density at radius 2 is 1.59 bits per heavy atom. The van der Waals surface area contributed by atoms with Crippen molar-refractivity contribution in [2.24, 2.45) is 0 Å². The first-order valence-electron chi connectivity index (χ1n) is 13.7. The molecule has 0 saturated carbocycles. The van der Waals surface area contributed by atoms with Crippen molar-refractivity contribution in [3.8, 4) is 0 Å². The maximum atomic E-state index is 13.9. The molecular weight excluding hydrogens is 558 g/mol. The minimum atomic E-state index is -3.61. The molecule has 0 aliphatic heterocycles. The Labute approximate surface area is 249 Å². The van der Waals surface area contributed by atoms with Gasteiger partial charge in [0.2, 0.25) is 21.8 Å². The largest absolute Gasteiger partial charge is 0.350 e. The normalized spacial score (nSPS) is 12.4. The molecule has 0 unspecified atom stereocenters. The molecule has 0 spiro atoms. The van der Waals surface area contributed by atoms with Gasteiger partial charge in [-0.1, -0.05) is 77.8 Å². The molecule has 0 aromatic heterocycles. The van der Waals surface area contributed by atoms with Crippen LogP contribution in [0.3, 0.4) is 0 Å². The van der Waals surface area contributed by atoms with Crippen LogP contribution in [0, 0.1) is 6.92 Å². The summed E-state index contributed by atoms with van der Waals surface area (Å²) in [5.41, 5.74) is 2.86. The van der Waals surface area contributed by atoms with Crippen molar-refractivity contribution in [1.82, 2.24) is 10.2 Å². The number of hydrogen-bond donors (Lipinski definition) is 1. The molecule has 0 fully saturated rings. The summed E-state index contributed by atoms with van der Waals surface area (Å²) in [4.78, 5) is 29.2. The molecule has 2 amide bonds. The van der Waals surface area contributed by atoms with Crippen LogP contribution in [0.25, 0.3) is 0 Å². The summed E-state index contributed by atoms with van der Waals surface area (Å²) in [5, 5.41) is 3.48. The molecule has 41 heavy (non-hydrogen) atoms. The third-order valence-corrected chi connectivity index (χ3v) is 7.88. The lowest BCUT2D eigenvalue weighted by Gasteiger charge is -2.34. The van der Waals surface area contributed by atoms with Gasteiger partial charge in [-0.3, -0.25) is 13.9 Å². The third kappa shape index (κ3) is 10.2. The maximum absolute atomic E-state index is 13.9. The van der Waals surface area contributed by atoms with Crippen molar-refractivity contribution in [2.45, 2.75) is 65.1 Å². The average Bonchev–Trinajstić information content (AvgIpc) is 2.87. The fourth-order valence-electron chi connectivity index (χ4n) is 4.65. The van der Waals surface area contributed by atoms with Crippen LogP contribution >= 0.6 is 11.6 Å². The van der Waals surface area contributed by atoms with E-state index in [-0.39, 0.29) is 37.7 Å². The molecule has 1 atom stereocenters. The molecule has 3 aromatic carbocycles. The van der Waals surface area contributed by atoms with E-state index in [0.717, 1.165) is 22.9 Å². The van der Waals surface area contributed by atoms with E-state index < -0.39 is 21.6 Å². The van der Waals surface area contributed by atoms with Gasteiger partial charge in [0.1, 0.15) is 6.04 Å². The van der Waals surface area contributed by atoms with Gasteiger partial charge in [0, 0.05) is 36.5 Å². The van der Waals surface area contributed by atoms with E-state index in [1.807, 2.05) is 82.3 Å². The summed E-state index contributed by atoms with van der Waals surface area (Å²) in [6.07, 6.45) is 1.80. The maximum Gasteiger partial charge on any atom is 0.243 e. The topological polar surface area (TPSA) is 86.8 Å². The van der Waals surface area contributed by atoms with Crippen LogP contribution in [0.1, 0.15) is 50.3 Å².